The summed E-state index contributed by atoms with van der Waals surface area (Å²) >= 11 is 0. The Hall–Kier alpha value is -2.57. The molecular formula is C13H15NO6. The predicted octanol–water partition coefficient (Wildman–Crippen LogP) is 0.815. The van der Waals surface area contributed by atoms with Gasteiger partial charge in [-0.05, 0) is 24.6 Å². The maximum Gasteiger partial charge on any atom is 0.326 e. The van der Waals surface area contributed by atoms with Gasteiger partial charge in [0.1, 0.15) is 11.8 Å². The molecule has 1 rings (SSSR count). The molecule has 0 aromatic carbocycles. The van der Waals surface area contributed by atoms with Crippen molar-refractivity contribution >= 4 is 23.9 Å². The second-order valence-corrected chi connectivity index (χ2v) is 3.86. The fourth-order valence-corrected chi connectivity index (χ4v) is 1.39. The van der Waals surface area contributed by atoms with Crippen molar-refractivity contribution in [3.63, 3.8) is 0 Å². The lowest BCUT2D eigenvalue weighted by atomic mass is 10.1. The van der Waals surface area contributed by atoms with Crippen LogP contribution in [0.5, 0.6) is 0 Å². The van der Waals surface area contributed by atoms with Crippen LogP contribution in [0.3, 0.4) is 0 Å². The van der Waals surface area contributed by atoms with Crippen molar-refractivity contribution in [2.45, 2.75) is 18.9 Å². The first-order valence-corrected chi connectivity index (χ1v) is 5.84. The molecule has 0 bridgehead atoms. The third-order valence-electron chi connectivity index (χ3n) is 2.42. The SMILES string of the molecule is COC(=O)CCC(NC(=O)/C=C/c1ccco1)C(=O)O. The molecular weight excluding hydrogens is 266 g/mol. The maximum absolute atomic E-state index is 11.5. The first kappa shape index (κ1) is 15.5. The summed E-state index contributed by atoms with van der Waals surface area (Å²) in [7, 11) is 1.21. The Labute approximate surface area is 115 Å². The Kier molecular flexibility index (Phi) is 6.02. The van der Waals surface area contributed by atoms with Crippen LogP contribution in [0.15, 0.2) is 28.9 Å². The van der Waals surface area contributed by atoms with Crippen molar-refractivity contribution in [1.82, 2.24) is 5.32 Å². The number of methoxy groups -OCH3 is 1. The Balaban J connectivity index is 2.50. The molecule has 1 amide bonds. The highest BCUT2D eigenvalue weighted by Gasteiger charge is 2.20. The summed E-state index contributed by atoms with van der Waals surface area (Å²) in [6.45, 7) is 0. The van der Waals surface area contributed by atoms with Gasteiger partial charge in [-0.25, -0.2) is 4.79 Å². The Morgan fingerprint density at radius 2 is 2.25 bits per heavy atom. The molecule has 7 nitrogen and oxygen atoms in total. The molecule has 0 radical (unpaired) electrons. The topological polar surface area (TPSA) is 106 Å². The largest absolute Gasteiger partial charge is 0.480 e. The van der Waals surface area contributed by atoms with Crippen LogP contribution in [-0.2, 0) is 19.1 Å². The van der Waals surface area contributed by atoms with Crippen molar-refractivity contribution < 1.29 is 28.6 Å². The van der Waals surface area contributed by atoms with Gasteiger partial charge in [0.05, 0.1) is 13.4 Å². The van der Waals surface area contributed by atoms with E-state index in [-0.39, 0.29) is 12.8 Å². The lowest BCUT2D eigenvalue weighted by Gasteiger charge is -2.12. The van der Waals surface area contributed by atoms with E-state index in [9.17, 15) is 14.4 Å². The summed E-state index contributed by atoms with van der Waals surface area (Å²) in [6.07, 6.45) is 3.90. The standard InChI is InChI=1S/C13H15NO6/c1-19-12(16)7-5-10(13(17)18)14-11(15)6-4-9-3-2-8-20-9/h2-4,6,8,10H,5,7H2,1H3,(H,14,15)(H,17,18)/b6-4+. The van der Waals surface area contributed by atoms with Crippen molar-refractivity contribution in [2.24, 2.45) is 0 Å². The number of hydrogen-bond donors (Lipinski definition) is 2. The van der Waals surface area contributed by atoms with E-state index in [4.69, 9.17) is 9.52 Å². The van der Waals surface area contributed by atoms with E-state index in [1.165, 1.54) is 19.4 Å². The number of esters is 1. The van der Waals surface area contributed by atoms with E-state index in [1.54, 1.807) is 12.1 Å². The number of rotatable bonds is 7. The first-order chi connectivity index (χ1) is 9.52. The zero-order chi connectivity index (χ0) is 15.0. The summed E-state index contributed by atoms with van der Waals surface area (Å²) in [5.74, 6) is -1.86. The van der Waals surface area contributed by atoms with E-state index < -0.39 is 23.9 Å². The van der Waals surface area contributed by atoms with Gasteiger partial charge in [0, 0.05) is 12.5 Å². The highest BCUT2D eigenvalue weighted by molar-refractivity contribution is 5.94. The third-order valence-corrected chi connectivity index (χ3v) is 2.42. The number of hydrogen-bond acceptors (Lipinski definition) is 5. The van der Waals surface area contributed by atoms with Crippen molar-refractivity contribution in [3.8, 4) is 0 Å². The molecule has 0 fully saturated rings. The molecule has 20 heavy (non-hydrogen) atoms. The second-order valence-electron chi connectivity index (χ2n) is 3.86. The first-order valence-electron chi connectivity index (χ1n) is 5.84. The van der Waals surface area contributed by atoms with Crippen LogP contribution in [-0.4, -0.2) is 36.1 Å². The van der Waals surface area contributed by atoms with E-state index in [2.05, 4.69) is 10.1 Å². The molecule has 1 atom stereocenters. The second kappa shape index (κ2) is 7.78. The number of carbonyl (C=O) groups excluding carboxylic acids is 2. The number of carbonyl (C=O) groups is 3. The Bertz CT molecular complexity index is 491. The van der Waals surface area contributed by atoms with Crippen LogP contribution in [0.25, 0.3) is 6.08 Å². The van der Waals surface area contributed by atoms with Gasteiger partial charge < -0.3 is 19.6 Å². The Morgan fingerprint density at radius 3 is 2.80 bits per heavy atom. The molecule has 1 unspecified atom stereocenters. The number of carboxylic acids is 1. The van der Waals surface area contributed by atoms with Crippen LogP contribution in [0.2, 0.25) is 0 Å². The molecule has 0 saturated carbocycles. The molecule has 7 heteroatoms. The minimum atomic E-state index is -1.21. The molecule has 108 valence electrons. The molecule has 1 aromatic rings. The van der Waals surface area contributed by atoms with Gasteiger partial charge in [-0.2, -0.15) is 0 Å². The van der Waals surface area contributed by atoms with Gasteiger partial charge in [-0.3, -0.25) is 9.59 Å². The van der Waals surface area contributed by atoms with Crippen LogP contribution >= 0.6 is 0 Å². The van der Waals surface area contributed by atoms with E-state index >= 15 is 0 Å². The van der Waals surface area contributed by atoms with Crippen molar-refractivity contribution in [3.05, 3.63) is 30.2 Å². The number of nitrogens with one attached hydrogen (secondary N) is 1. The van der Waals surface area contributed by atoms with Gasteiger partial charge in [0.2, 0.25) is 5.91 Å². The fraction of sp³-hybridized carbons (Fsp3) is 0.308. The molecule has 0 spiro atoms. The molecule has 1 aromatic heterocycles. The summed E-state index contributed by atoms with van der Waals surface area (Å²) in [5.41, 5.74) is 0. The Morgan fingerprint density at radius 1 is 1.50 bits per heavy atom. The summed E-state index contributed by atoms with van der Waals surface area (Å²) in [6, 6.07) is 2.16. The van der Waals surface area contributed by atoms with Gasteiger partial charge in [0.15, 0.2) is 0 Å². The normalized spacial score (nSPS) is 12.1. The van der Waals surface area contributed by atoms with Crippen molar-refractivity contribution in [2.75, 3.05) is 7.11 Å². The lowest BCUT2D eigenvalue weighted by Crippen LogP contribution is -2.40. The number of aliphatic carboxylic acids is 1. The lowest BCUT2D eigenvalue weighted by molar-refractivity contribution is -0.143. The minimum absolute atomic E-state index is 0.0393. The van der Waals surface area contributed by atoms with E-state index in [1.807, 2.05) is 0 Å². The minimum Gasteiger partial charge on any atom is -0.480 e. The van der Waals surface area contributed by atoms with Crippen LogP contribution < -0.4 is 5.32 Å². The van der Waals surface area contributed by atoms with Crippen LogP contribution in [0.1, 0.15) is 18.6 Å². The smallest absolute Gasteiger partial charge is 0.326 e. The molecule has 1 heterocycles. The summed E-state index contributed by atoms with van der Waals surface area (Å²) in [4.78, 5) is 33.5. The number of carboxylic acid groups (broad SMARTS) is 1. The van der Waals surface area contributed by atoms with Gasteiger partial charge >= 0.3 is 11.9 Å². The van der Waals surface area contributed by atoms with E-state index in [0.29, 0.717) is 5.76 Å². The zero-order valence-corrected chi connectivity index (χ0v) is 10.9. The maximum atomic E-state index is 11.5. The summed E-state index contributed by atoms with van der Waals surface area (Å²) in [5, 5.41) is 11.2. The van der Waals surface area contributed by atoms with E-state index in [0.717, 1.165) is 6.08 Å². The number of amides is 1. The number of furan rings is 1. The van der Waals surface area contributed by atoms with Crippen LogP contribution in [0, 0.1) is 0 Å². The quantitative estimate of drug-likeness (QED) is 0.566. The van der Waals surface area contributed by atoms with Gasteiger partial charge in [0.25, 0.3) is 0 Å². The zero-order valence-electron chi connectivity index (χ0n) is 10.9. The molecule has 0 aliphatic rings. The molecule has 0 aliphatic carbocycles. The average molecular weight is 281 g/mol. The predicted molar refractivity (Wildman–Crippen MR) is 68.6 cm³/mol. The van der Waals surface area contributed by atoms with Gasteiger partial charge in [-0.1, -0.05) is 0 Å². The summed E-state index contributed by atoms with van der Waals surface area (Å²) < 4.78 is 9.40. The number of ether oxygens (including phenoxy) is 1. The highest BCUT2D eigenvalue weighted by Crippen LogP contribution is 2.03. The molecule has 2 N–H and O–H groups in total. The van der Waals surface area contributed by atoms with Crippen LogP contribution in [0.4, 0.5) is 0 Å². The molecule has 0 saturated heterocycles. The fourth-order valence-electron chi connectivity index (χ4n) is 1.39. The third kappa shape index (κ3) is 5.38. The van der Waals surface area contributed by atoms with Crippen molar-refractivity contribution in [1.29, 1.82) is 0 Å². The monoisotopic (exact) mass is 281 g/mol. The van der Waals surface area contributed by atoms with Gasteiger partial charge in [-0.15, -0.1) is 0 Å². The molecule has 0 aliphatic heterocycles. The average Bonchev–Trinajstić information content (AvgIpc) is 2.93. The highest BCUT2D eigenvalue weighted by atomic mass is 16.5.